The molecular formula is C12H20N2O. The summed E-state index contributed by atoms with van der Waals surface area (Å²) in [5, 5.41) is 13.3. The first kappa shape index (κ1) is 12.1. The molecule has 0 radical (unpaired) electrons. The minimum Gasteiger partial charge on any atom is -0.389 e. The first-order chi connectivity index (χ1) is 7.20. The Bertz CT molecular complexity index is 270. The number of aromatic nitrogens is 1. The standard InChI is InChI=1S/C12H20N2O/c1-3-12(15,4-2)10-13-9-11-7-5-6-8-14-11/h5-8,13,15H,3-4,9-10H2,1-2H3. The van der Waals surface area contributed by atoms with Gasteiger partial charge in [0.2, 0.25) is 0 Å². The summed E-state index contributed by atoms with van der Waals surface area (Å²) >= 11 is 0. The fourth-order valence-corrected chi connectivity index (χ4v) is 1.43. The highest BCUT2D eigenvalue weighted by Gasteiger charge is 2.20. The Kier molecular flexibility index (Phi) is 4.72. The van der Waals surface area contributed by atoms with Crippen molar-refractivity contribution in [2.75, 3.05) is 6.54 Å². The Hall–Kier alpha value is -0.930. The van der Waals surface area contributed by atoms with Gasteiger partial charge in [-0.3, -0.25) is 4.98 Å². The summed E-state index contributed by atoms with van der Waals surface area (Å²) in [4.78, 5) is 4.21. The molecule has 15 heavy (non-hydrogen) atoms. The highest BCUT2D eigenvalue weighted by atomic mass is 16.3. The molecule has 1 heterocycles. The van der Waals surface area contributed by atoms with Gasteiger partial charge in [-0.05, 0) is 25.0 Å². The van der Waals surface area contributed by atoms with E-state index in [2.05, 4.69) is 10.3 Å². The third-order valence-corrected chi connectivity index (χ3v) is 2.80. The first-order valence-corrected chi connectivity index (χ1v) is 5.53. The van der Waals surface area contributed by atoms with E-state index < -0.39 is 5.60 Å². The van der Waals surface area contributed by atoms with Crippen LogP contribution in [0.3, 0.4) is 0 Å². The molecular weight excluding hydrogens is 188 g/mol. The minimum atomic E-state index is -0.575. The van der Waals surface area contributed by atoms with Crippen LogP contribution in [0, 0.1) is 0 Å². The molecule has 1 aromatic heterocycles. The van der Waals surface area contributed by atoms with Gasteiger partial charge in [0.1, 0.15) is 0 Å². The van der Waals surface area contributed by atoms with Crippen LogP contribution in [0.1, 0.15) is 32.4 Å². The Morgan fingerprint density at radius 2 is 2.07 bits per heavy atom. The molecule has 0 saturated heterocycles. The highest BCUT2D eigenvalue weighted by Crippen LogP contribution is 2.12. The summed E-state index contributed by atoms with van der Waals surface area (Å²) in [6, 6.07) is 5.84. The monoisotopic (exact) mass is 208 g/mol. The molecule has 0 atom stereocenters. The Labute approximate surface area is 91.5 Å². The predicted octanol–water partition coefficient (Wildman–Crippen LogP) is 1.72. The van der Waals surface area contributed by atoms with Crippen molar-refractivity contribution in [1.29, 1.82) is 0 Å². The SMILES string of the molecule is CCC(O)(CC)CNCc1ccccn1. The number of rotatable bonds is 6. The number of nitrogens with one attached hydrogen (secondary N) is 1. The topological polar surface area (TPSA) is 45.1 Å². The summed E-state index contributed by atoms with van der Waals surface area (Å²) < 4.78 is 0. The van der Waals surface area contributed by atoms with E-state index in [1.54, 1.807) is 6.20 Å². The lowest BCUT2D eigenvalue weighted by Gasteiger charge is -2.25. The van der Waals surface area contributed by atoms with Crippen molar-refractivity contribution in [1.82, 2.24) is 10.3 Å². The van der Waals surface area contributed by atoms with E-state index in [1.807, 2.05) is 32.0 Å². The predicted molar refractivity (Wildman–Crippen MR) is 61.5 cm³/mol. The average molecular weight is 208 g/mol. The van der Waals surface area contributed by atoms with Gasteiger partial charge in [-0.15, -0.1) is 0 Å². The fourth-order valence-electron chi connectivity index (χ4n) is 1.43. The van der Waals surface area contributed by atoms with Crippen LogP contribution >= 0.6 is 0 Å². The lowest BCUT2D eigenvalue weighted by Crippen LogP contribution is -2.39. The first-order valence-electron chi connectivity index (χ1n) is 5.53. The van der Waals surface area contributed by atoms with Crippen molar-refractivity contribution in [3.8, 4) is 0 Å². The van der Waals surface area contributed by atoms with Crippen LogP contribution < -0.4 is 5.32 Å². The van der Waals surface area contributed by atoms with E-state index >= 15 is 0 Å². The highest BCUT2D eigenvalue weighted by molar-refractivity contribution is 5.03. The molecule has 0 saturated carbocycles. The van der Waals surface area contributed by atoms with E-state index in [1.165, 1.54) is 0 Å². The second-order valence-electron chi connectivity index (χ2n) is 3.86. The molecule has 0 aromatic carbocycles. The molecule has 2 N–H and O–H groups in total. The number of pyridine rings is 1. The summed E-state index contributed by atoms with van der Waals surface area (Å²) in [6.07, 6.45) is 3.33. The molecule has 0 aliphatic rings. The van der Waals surface area contributed by atoms with E-state index in [0.717, 1.165) is 18.5 Å². The van der Waals surface area contributed by atoms with Crippen molar-refractivity contribution < 1.29 is 5.11 Å². The van der Waals surface area contributed by atoms with E-state index in [4.69, 9.17) is 0 Å². The van der Waals surface area contributed by atoms with Crippen LogP contribution in [0.2, 0.25) is 0 Å². The van der Waals surface area contributed by atoms with Crippen LogP contribution in [-0.4, -0.2) is 22.2 Å². The van der Waals surface area contributed by atoms with Gasteiger partial charge in [0.05, 0.1) is 11.3 Å². The third kappa shape index (κ3) is 3.98. The maximum atomic E-state index is 10.0. The Morgan fingerprint density at radius 1 is 1.33 bits per heavy atom. The van der Waals surface area contributed by atoms with Crippen molar-refractivity contribution >= 4 is 0 Å². The van der Waals surface area contributed by atoms with Crippen LogP contribution in [-0.2, 0) is 6.54 Å². The summed E-state index contributed by atoms with van der Waals surface area (Å²) in [6.45, 7) is 5.34. The second-order valence-corrected chi connectivity index (χ2v) is 3.86. The molecule has 84 valence electrons. The van der Waals surface area contributed by atoms with Gasteiger partial charge in [0, 0.05) is 19.3 Å². The number of hydrogen-bond acceptors (Lipinski definition) is 3. The molecule has 0 fully saturated rings. The minimum absolute atomic E-state index is 0.575. The van der Waals surface area contributed by atoms with Crippen molar-refractivity contribution in [3.05, 3.63) is 30.1 Å². The van der Waals surface area contributed by atoms with Crippen LogP contribution in [0.5, 0.6) is 0 Å². The van der Waals surface area contributed by atoms with Gasteiger partial charge in [-0.1, -0.05) is 19.9 Å². The van der Waals surface area contributed by atoms with E-state index in [9.17, 15) is 5.11 Å². The van der Waals surface area contributed by atoms with Crippen molar-refractivity contribution in [2.45, 2.75) is 38.8 Å². The van der Waals surface area contributed by atoms with Gasteiger partial charge < -0.3 is 10.4 Å². The van der Waals surface area contributed by atoms with Crippen molar-refractivity contribution in [2.24, 2.45) is 0 Å². The summed E-state index contributed by atoms with van der Waals surface area (Å²) in [7, 11) is 0. The Morgan fingerprint density at radius 3 is 2.60 bits per heavy atom. The fraction of sp³-hybridized carbons (Fsp3) is 0.583. The maximum absolute atomic E-state index is 10.0. The van der Waals surface area contributed by atoms with Gasteiger partial charge >= 0.3 is 0 Å². The molecule has 0 spiro atoms. The number of hydrogen-bond donors (Lipinski definition) is 2. The number of nitrogens with zero attached hydrogens (tertiary/aromatic N) is 1. The molecule has 0 bridgehead atoms. The Balaban J connectivity index is 2.33. The largest absolute Gasteiger partial charge is 0.389 e. The normalized spacial score (nSPS) is 11.7. The van der Waals surface area contributed by atoms with Gasteiger partial charge in [-0.25, -0.2) is 0 Å². The van der Waals surface area contributed by atoms with Crippen LogP contribution in [0.25, 0.3) is 0 Å². The summed E-state index contributed by atoms with van der Waals surface area (Å²) in [5.41, 5.74) is 0.432. The average Bonchev–Trinajstić information content (AvgIpc) is 2.30. The molecule has 3 heteroatoms. The van der Waals surface area contributed by atoms with Crippen molar-refractivity contribution in [3.63, 3.8) is 0 Å². The second kappa shape index (κ2) is 5.83. The smallest absolute Gasteiger partial charge is 0.0766 e. The lowest BCUT2D eigenvalue weighted by molar-refractivity contribution is 0.0322. The lowest BCUT2D eigenvalue weighted by atomic mass is 9.98. The quantitative estimate of drug-likeness (QED) is 0.748. The van der Waals surface area contributed by atoms with Gasteiger partial charge in [0.15, 0.2) is 0 Å². The molecule has 1 aromatic rings. The zero-order chi connectivity index (χ0) is 11.1. The zero-order valence-corrected chi connectivity index (χ0v) is 9.53. The maximum Gasteiger partial charge on any atom is 0.0766 e. The van der Waals surface area contributed by atoms with Crippen LogP contribution in [0.4, 0.5) is 0 Å². The van der Waals surface area contributed by atoms with Gasteiger partial charge in [-0.2, -0.15) is 0 Å². The third-order valence-electron chi connectivity index (χ3n) is 2.80. The number of aliphatic hydroxyl groups is 1. The molecule has 3 nitrogen and oxygen atoms in total. The van der Waals surface area contributed by atoms with E-state index in [-0.39, 0.29) is 0 Å². The molecule has 0 unspecified atom stereocenters. The molecule has 1 rings (SSSR count). The van der Waals surface area contributed by atoms with Gasteiger partial charge in [0.25, 0.3) is 0 Å². The van der Waals surface area contributed by atoms with E-state index in [0.29, 0.717) is 13.1 Å². The summed E-state index contributed by atoms with van der Waals surface area (Å²) in [5.74, 6) is 0. The zero-order valence-electron chi connectivity index (χ0n) is 9.53. The molecule has 0 aliphatic carbocycles. The molecule has 0 amide bonds. The van der Waals surface area contributed by atoms with Crippen LogP contribution in [0.15, 0.2) is 24.4 Å². The molecule has 0 aliphatic heterocycles.